The average molecular weight is 319 g/mol. The molecule has 0 amide bonds. The number of sulfone groups is 1. The molecule has 0 bridgehead atoms. The largest absolute Gasteiger partial charge is 0.464 e. The van der Waals surface area contributed by atoms with Gasteiger partial charge in [-0.05, 0) is 37.1 Å². The summed E-state index contributed by atoms with van der Waals surface area (Å²) in [5.41, 5.74) is 1.07. The summed E-state index contributed by atoms with van der Waals surface area (Å²) in [6, 6.07) is 11.8. The molecule has 0 spiro atoms. The van der Waals surface area contributed by atoms with Gasteiger partial charge in [-0.1, -0.05) is 18.2 Å². The van der Waals surface area contributed by atoms with Crippen molar-refractivity contribution in [1.82, 2.24) is 4.57 Å². The number of hydrogen-bond donors (Lipinski definition) is 0. The molecule has 1 aliphatic heterocycles. The van der Waals surface area contributed by atoms with Crippen molar-refractivity contribution in [2.45, 2.75) is 29.5 Å². The van der Waals surface area contributed by atoms with E-state index in [0.29, 0.717) is 35.7 Å². The number of hydrogen-bond acceptors (Lipinski definition) is 4. The van der Waals surface area contributed by atoms with Crippen molar-refractivity contribution in [3.05, 3.63) is 53.9 Å². The zero-order valence-corrected chi connectivity index (χ0v) is 13.0. The van der Waals surface area contributed by atoms with Gasteiger partial charge in [-0.25, -0.2) is 13.2 Å². The first-order chi connectivity index (χ1) is 10.6. The van der Waals surface area contributed by atoms with Gasteiger partial charge < -0.3 is 9.30 Å². The lowest BCUT2D eigenvalue weighted by molar-refractivity contribution is 0.0587. The Morgan fingerprint density at radius 1 is 1.18 bits per heavy atom. The fraction of sp³-hybridized carbons (Fsp3) is 0.312. The lowest BCUT2D eigenvalue weighted by Crippen LogP contribution is -2.24. The number of esters is 1. The molecule has 0 N–H and O–H groups in total. The molecule has 2 heterocycles. The topological polar surface area (TPSA) is 65.4 Å². The fourth-order valence-electron chi connectivity index (χ4n) is 2.97. The molecule has 5 nitrogen and oxygen atoms in total. The summed E-state index contributed by atoms with van der Waals surface area (Å²) in [7, 11) is -2.14. The minimum atomic E-state index is -3.47. The molecule has 1 aromatic carbocycles. The number of rotatable bonds is 3. The molecule has 1 atom stereocenters. The van der Waals surface area contributed by atoms with E-state index in [1.165, 1.54) is 7.11 Å². The molecular weight excluding hydrogens is 302 g/mol. The van der Waals surface area contributed by atoms with Crippen LogP contribution in [0.5, 0.6) is 0 Å². The van der Waals surface area contributed by atoms with Gasteiger partial charge in [0.2, 0.25) is 0 Å². The lowest BCUT2D eigenvalue weighted by atomic mass is 10.1. The number of fused-ring (bicyclic) bond motifs is 1. The second-order valence-corrected chi connectivity index (χ2v) is 7.41. The van der Waals surface area contributed by atoms with E-state index in [0.717, 1.165) is 0 Å². The maximum atomic E-state index is 12.9. The van der Waals surface area contributed by atoms with Crippen LogP contribution in [0, 0.1) is 0 Å². The third-order valence-corrected chi connectivity index (χ3v) is 6.19. The third-order valence-electron chi connectivity index (χ3n) is 4.03. The Balaban J connectivity index is 2.06. The van der Waals surface area contributed by atoms with Crippen molar-refractivity contribution in [1.29, 1.82) is 0 Å². The summed E-state index contributed by atoms with van der Waals surface area (Å²) in [6.45, 7) is 0.633. The molecule has 0 fully saturated rings. The van der Waals surface area contributed by atoms with Crippen LogP contribution < -0.4 is 0 Å². The number of methoxy groups -OCH3 is 1. The van der Waals surface area contributed by atoms with Crippen LogP contribution in [0.2, 0.25) is 0 Å². The van der Waals surface area contributed by atoms with Crippen LogP contribution in [-0.4, -0.2) is 26.1 Å². The lowest BCUT2D eigenvalue weighted by Gasteiger charge is -2.25. The third kappa shape index (κ3) is 2.33. The molecule has 1 aromatic heterocycles. The summed E-state index contributed by atoms with van der Waals surface area (Å²) in [5.74, 6) is -0.441. The van der Waals surface area contributed by atoms with Gasteiger partial charge in [0.25, 0.3) is 0 Å². The Morgan fingerprint density at radius 3 is 2.59 bits per heavy atom. The maximum Gasteiger partial charge on any atom is 0.354 e. The zero-order chi connectivity index (χ0) is 15.7. The van der Waals surface area contributed by atoms with Crippen LogP contribution >= 0.6 is 0 Å². The van der Waals surface area contributed by atoms with Crippen LogP contribution in [0.3, 0.4) is 0 Å². The predicted molar refractivity (Wildman–Crippen MR) is 81.4 cm³/mol. The summed E-state index contributed by atoms with van der Waals surface area (Å²) >= 11 is 0. The quantitative estimate of drug-likeness (QED) is 0.816. The van der Waals surface area contributed by atoms with Gasteiger partial charge in [0.1, 0.15) is 10.9 Å². The van der Waals surface area contributed by atoms with E-state index >= 15 is 0 Å². The second kappa shape index (κ2) is 5.61. The van der Waals surface area contributed by atoms with Crippen LogP contribution in [0.25, 0.3) is 0 Å². The van der Waals surface area contributed by atoms with E-state index in [2.05, 4.69) is 0 Å². The first-order valence-electron chi connectivity index (χ1n) is 7.12. The Hall–Kier alpha value is -2.08. The van der Waals surface area contributed by atoms with E-state index in [1.54, 1.807) is 47.0 Å². The van der Waals surface area contributed by atoms with Gasteiger partial charge >= 0.3 is 5.97 Å². The van der Waals surface area contributed by atoms with E-state index < -0.39 is 21.1 Å². The highest BCUT2D eigenvalue weighted by Gasteiger charge is 2.34. The smallest absolute Gasteiger partial charge is 0.354 e. The molecule has 22 heavy (non-hydrogen) atoms. The van der Waals surface area contributed by atoms with Crippen LogP contribution in [0.15, 0.2) is 47.4 Å². The second-order valence-electron chi connectivity index (χ2n) is 5.28. The van der Waals surface area contributed by atoms with Crippen molar-refractivity contribution in [2.75, 3.05) is 7.11 Å². The standard InChI is InChI=1S/C16H17NO4S/c1-21-16(18)14-10-9-13-15(8-5-11-17(13)14)22(19,20)12-6-3-2-4-7-12/h2-4,6-7,9-10,15H,5,8,11H2,1H3. The average Bonchev–Trinajstić information content (AvgIpc) is 2.98. The summed E-state index contributed by atoms with van der Waals surface area (Å²) in [4.78, 5) is 12.1. The first-order valence-corrected chi connectivity index (χ1v) is 8.67. The van der Waals surface area contributed by atoms with E-state index in [4.69, 9.17) is 4.74 Å². The minimum absolute atomic E-state index is 0.314. The highest BCUT2D eigenvalue weighted by atomic mass is 32.2. The van der Waals surface area contributed by atoms with Crippen LogP contribution in [0.4, 0.5) is 0 Å². The molecule has 0 radical (unpaired) electrons. The summed E-state index contributed by atoms with van der Waals surface area (Å²) in [5, 5.41) is -0.623. The van der Waals surface area contributed by atoms with Gasteiger partial charge in [0, 0.05) is 12.2 Å². The molecular formula is C16H17NO4S. The molecule has 3 rings (SSSR count). The number of ether oxygens (including phenoxy) is 1. The van der Waals surface area contributed by atoms with Gasteiger partial charge in [-0.2, -0.15) is 0 Å². The van der Waals surface area contributed by atoms with Crippen molar-refractivity contribution in [3.63, 3.8) is 0 Å². The number of nitrogens with zero attached hydrogens (tertiary/aromatic N) is 1. The van der Waals surface area contributed by atoms with Gasteiger partial charge in [0.15, 0.2) is 9.84 Å². The van der Waals surface area contributed by atoms with E-state index in [-0.39, 0.29) is 0 Å². The van der Waals surface area contributed by atoms with Crippen molar-refractivity contribution >= 4 is 15.8 Å². The van der Waals surface area contributed by atoms with E-state index in [9.17, 15) is 13.2 Å². The molecule has 0 saturated heterocycles. The highest BCUT2D eigenvalue weighted by Crippen LogP contribution is 2.37. The van der Waals surface area contributed by atoms with Crippen molar-refractivity contribution in [2.24, 2.45) is 0 Å². The van der Waals surface area contributed by atoms with Gasteiger partial charge in [-0.3, -0.25) is 0 Å². The summed E-state index contributed by atoms with van der Waals surface area (Å²) in [6.07, 6.45) is 1.27. The highest BCUT2D eigenvalue weighted by molar-refractivity contribution is 7.91. The van der Waals surface area contributed by atoms with E-state index in [1.807, 2.05) is 0 Å². The molecule has 0 saturated carbocycles. The summed E-state index contributed by atoms with van der Waals surface area (Å²) < 4.78 is 32.3. The minimum Gasteiger partial charge on any atom is -0.464 e. The van der Waals surface area contributed by atoms with Gasteiger partial charge in [0.05, 0.1) is 12.0 Å². The van der Waals surface area contributed by atoms with Crippen molar-refractivity contribution in [3.8, 4) is 0 Å². The Morgan fingerprint density at radius 2 is 1.91 bits per heavy atom. The predicted octanol–water partition coefficient (Wildman–Crippen LogP) is 2.58. The number of aromatic nitrogens is 1. The normalized spacial score (nSPS) is 17.8. The maximum absolute atomic E-state index is 12.9. The monoisotopic (exact) mass is 319 g/mol. The number of carbonyl (C=O) groups excluding carboxylic acids is 1. The molecule has 0 aliphatic carbocycles. The Labute approximate surface area is 129 Å². The van der Waals surface area contributed by atoms with Gasteiger partial charge in [-0.15, -0.1) is 0 Å². The van der Waals surface area contributed by atoms with Crippen molar-refractivity contribution < 1.29 is 17.9 Å². The number of benzene rings is 1. The number of carbonyl (C=O) groups is 1. The molecule has 116 valence electrons. The van der Waals surface area contributed by atoms with Crippen LogP contribution in [-0.2, 0) is 21.1 Å². The molecule has 1 aliphatic rings. The zero-order valence-electron chi connectivity index (χ0n) is 12.2. The molecule has 1 unspecified atom stereocenters. The SMILES string of the molecule is COC(=O)c1ccc2n1CCCC2S(=O)(=O)c1ccccc1. The fourth-order valence-corrected chi connectivity index (χ4v) is 4.83. The van der Waals surface area contributed by atoms with Crippen LogP contribution in [0.1, 0.15) is 34.3 Å². The first kappa shape index (κ1) is 14.8. The molecule has 6 heteroatoms. The molecule has 2 aromatic rings. The Kier molecular flexibility index (Phi) is 3.78. The Bertz CT molecular complexity index is 793.